The van der Waals surface area contributed by atoms with Crippen LogP contribution in [-0.2, 0) is 14.0 Å². The van der Waals surface area contributed by atoms with Gasteiger partial charge in [-0.15, -0.1) is 11.6 Å². The molecular formula is C31H43ClF2N2O4Si. The minimum atomic E-state index is -3.16. The van der Waals surface area contributed by atoms with Crippen LogP contribution in [0.15, 0.2) is 60.7 Å². The van der Waals surface area contributed by atoms with E-state index < -0.39 is 57.0 Å². The maximum Gasteiger partial charge on any atom is 0.410 e. The van der Waals surface area contributed by atoms with E-state index in [9.17, 15) is 18.4 Å². The van der Waals surface area contributed by atoms with Gasteiger partial charge >= 0.3 is 6.09 Å². The molecule has 1 fully saturated rings. The number of ether oxygens (including phenoxy) is 1. The highest BCUT2D eigenvalue weighted by Crippen LogP contribution is 2.38. The molecule has 0 saturated carbocycles. The summed E-state index contributed by atoms with van der Waals surface area (Å²) in [6.45, 7) is 10.6. The number of nitrogens with zero attached hydrogens (tertiary/aromatic N) is 1. The van der Waals surface area contributed by atoms with E-state index in [2.05, 4.69) is 50.4 Å². The Balaban J connectivity index is 1.85. The molecule has 0 spiro atoms. The lowest BCUT2D eigenvalue weighted by atomic mass is 10.0. The van der Waals surface area contributed by atoms with Gasteiger partial charge in [-0.25, -0.2) is 13.6 Å². The lowest BCUT2D eigenvalue weighted by Crippen LogP contribution is -2.68. The summed E-state index contributed by atoms with van der Waals surface area (Å²) in [5.41, 5.74) is -0.824. The molecule has 226 valence electrons. The first-order valence-corrected chi connectivity index (χ1v) is 16.5. The molecule has 1 saturated heterocycles. The van der Waals surface area contributed by atoms with E-state index in [4.69, 9.17) is 20.8 Å². The Morgan fingerprint density at radius 3 is 2.02 bits per heavy atom. The molecule has 2 atom stereocenters. The van der Waals surface area contributed by atoms with E-state index in [1.54, 1.807) is 20.8 Å². The number of benzene rings is 2. The standard InChI is InChI=1S/C31H43ClF2N2O4Si/c1-29(2,3)39-28(38)36-21-23(20-31(33,34)22-36)35-27(37)19-24(17-18-32)40-41(30(4,5)6,25-13-9-7-10-14-25)26-15-11-8-12-16-26/h7-16,23-24H,17-22H2,1-6H3,(H,35,37)/t23-,24?/m1/s1. The summed E-state index contributed by atoms with van der Waals surface area (Å²) in [7, 11) is -2.97. The van der Waals surface area contributed by atoms with Gasteiger partial charge < -0.3 is 19.4 Å². The topological polar surface area (TPSA) is 67.9 Å². The zero-order chi connectivity index (χ0) is 30.5. The Morgan fingerprint density at radius 2 is 1.56 bits per heavy atom. The highest BCUT2D eigenvalue weighted by molar-refractivity contribution is 6.99. The molecule has 2 amide bonds. The molecule has 0 aliphatic carbocycles. The molecule has 1 aliphatic rings. The fourth-order valence-electron chi connectivity index (χ4n) is 5.42. The van der Waals surface area contributed by atoms with Crippen molar-refractivity contribution in [1.29, 1.82) is 0 Å². The number of nitrogens with one attached hydrogen (secondary N) is 1. The summed E-state index contributed by atoms with van der Waals surface area (Å²) in [4.78, 5) is 26.8. The Hall–Kier alpha value is -2.49. The van der Waals surface area contributed by atoms with Gasteiger partial charge in [-0.3, -0.25) is 4.79 Å². The van der Waals surface area contributed by atoms with Crippen molar-refractivity contribution in [3.05, 3.63) is 60.7 Å². The summed E-state index contributed by atoms with van der Waals surface area (Å²) in [6, 6.07) is 19.2. The first kappa shape index (κ1) is 33.0. The number of carbonyl (C=O) groups is 2. The van der Waals surface area contributed by atoms with Gasteiger partial charge in [0, 0.05) is 18.8 Å². The molecule has 1 heterocycles. The van der Waals surface area contributed by atoms with Gasteiger partial charge in [0.05, 0.1) is 25.1 Å². The van der Waals surface area contributed by atoms with Crippen LogP contribution in [0.3, 0.4) is 0 Å². The van der Waals surface area contributed by atoms with Crippen LogP contribution in [-0.4, -0.2) is 67.9 Å². The smallest absolute Gasteiger partial charge is 0.410 e. The monoisotopic (exact) mass is 608 g/mol. The molecule has 10 heteroatoms. The van der Waals surface area contributed by atoms with Crippen LogP contribution in [0, 0.1) is 0 Å². The van der Waals surface area contributed by atoms with Crippen molar-refractivity contribution in [3.8, 4) is 0 Å². The molecule has 6 nitrogen and oxygen atoms in total. The van der Waals surface area contributed by atoms with Gasteiger partial charge in [-0.05, 0) is 42.6 Å². The van der Waals surface area contributed by atoms with Crippen molar-refractivity contribution in [3.63, 3.8) is 0 Å². The minimum absolute atomic E-state index is 0.0499. The third kappa shape index (κ3) is 8.75. The fraction of sp³-hybridized carbons (Fsp3) is 0.548. The average molecular weight is 609 g/mol. The van der Waals surface area contributed by atoms with Crippen molar-refractivity contribution in [2.45, 2.75) is 89.5 Å². The van der Waals surface area contributed by atoms with Crippen LogP contribution in [0.1, 0.15) is 60.8 Å². The third-order valence-corrected chi connectivity index (χ3v) is 12.3. The van der Waals surface area contributed by atoms with Crippen molar-refractivity contribution < 1.29 is 27.5 Å². The van der Waals surface area contributed by atoms with Gasteiger partial charge in [0.25, 0.3) is 14.2 Å². The van der Waals surface area contributed by atoms with Gasteiger partial charge in [0.15, 0.2) is 0 Å². The molecule has 2 aromatic carbocycles. The van der Waals surface area contributed by atoms with E-state index >= 15 is 0 Å². The zero-order valence-corrected chi connectivity index (χ0v) is 26.6. The molecule has 3 rings (SSSR count). The molecular weight excluding hydrogens is 566 g/mol. The Kier molecular flexibility index (Phi) is 10.6. The van der Waals surface area contributed by atoms with Crippen LogP contribution >= 0.6 is 11.6 Å². The van der Waals surface area contributed by atoms with E-state index in [0.29, 0.717) is 6.42 Å². The molecule has 41 heavy (non-hydrogen) atoms. The molecule has 1 unspecified atom stereocenters. The summed E-state index contributed by atoms with van der Waals surface area (Å²) in [6.07, 6.45) is -1.58. The first-order valence-electron chi connectivity index (χ1n) is 14.1. The Bertz CT molecular complexity index is 1120. The highest BCUT2D eigenvalue weighted by Gasteiger charge is 2.51. The van der Waals surface area contributed by atoms with Crippen molar-refractivity contribution >= 4 is 42.3 Å². The van der Waals surface area contributed by atoms with Crippen LogP contribution in [0.4, 0.5) is 13.6 Å². The second kappa shape index (κ2) is 13.2. The van der Waals surface area contributed by atoms with Gasteiger partial charge in [0.1, 0.15) is 5.60 Å². The van der Waals surface area contributed by atoms with Gasteiger partial charge in [0.2, 0.25) is 5.91 Å². The number of hydrogen-bond donors (Lipinski definition) is 1. The highest BCUT2D eigenvalue weighted by atomic mass is 35.5. The molecule has 2 aromatic rings. The summed E-state index contributed by atoms with van der Waals surface area (Å²) < 4.78 is 41.6. The van der Waals surface area contributed by atoms with Crippen molar-refractivity contribution in [2.75, 3.05) is 19.0 Å². The van der Waals surface area contributed by atoms with Crippen LogP contribution in [0.2, 0.25) is 5.04 Å². The normalized spacial score (nSPS) is 18.5. The minimum Gasteiger partial charge on any atom is -0.444 e. The SMILES string of the molecule is CC(C)(C)OC(=O)N1C[C@H](NC(=O)CC(CCCl)O[Si](c2ccccc2)(c2ccccc2)C(C)(C)C)CC(F)(F)C1. The average Bonchev–Trinajstić information content (AvgIpc) is 2.85. The molecule has 0 aromatic heterocycles. The number of halogens is 3. The maximum atomic E-state index is 14.6. The Morgan fingerprint density at radius 1 is 1.02 bits per heavy atom. The van der Waals surface area contributed by atoms with Crippen molar-refractivity contribution in [1.82, 2.24) is 10.2 Å². The summed E-state index contributed by atoms with van der Waals surface area (Å²) in [5.74, 6) is -3.32. The predicted octanol–water partition coefficient (Wildman–Crippen LogP) is 5.71. The van der Waals surface area contributed by atoms with Crippen LogP contribution < -0.4 is 15.7 Å². The molecule has 0 radical (unpaired) electrons. The van der Waals surface area contributed by atoms with Crippen LogP contribution in [0.5, 0.6) is 0 Å². The van der Waals surface area contributed by atoms with Gasteiger partial charge in [-0.1, -0.05) is 81.4 Å². The molecule has 0 bridgehead atoms. The summed E-state index contributed by atoms with van der Waals surface area (Å²) >= 11 is 6.20. The molecule has 1 aliphatic heterocycles. The number of likely N-dealkylation sites (tertiary alicyclic amines) is 1. The molecule has 1 N–H and O–H groups in total. The lowest BCUT2D eigenvalue weighted by Gasteiger charge is -2.45. The lowest BCUT2D eigenvalue weighted by molar-refractivity contribution is -0.126. The second-order valence-corrected chi connectivity index (χ2v) is 17.4. The largest absolute Gasteiger partial charge is 0.444 e. The second-order valence-electron chi connectivity index (χ2n) is 12.8. The predicted molar refractivity (Wildman–Crippen MR) is 162 cm³/mol. The van der Waals surface area contributed by atoms with E-state index in [1.807, 2.05) is 36.4 Å². The van der Waals surface area contributed by atoms with E-state index in [-0.39, 0.29) is 23.9 Å². The Labute approximate surface area is 248 Å². The number of alkyl halides is 3. The van der Waals surface area contributed by atoms with Gasteiger partial charge in [-0.2, -0.15) is 0 Å². The van der Waals surface area contributed by atoms with Crippen molar-refractivity contribution in [2.24, 2.45) is 0 Å². The quantitative estimate of drug-likeness (QED) is 0.292. The number of amides is 2. The third-order valence-electron chi connectivity index (χ3n) is 7.03. The maximum absolute atomic E-state index is 14.6. The number of piperidine rings is 1. The first-order chi connectivity index (χ1) is 19.1. The number of carbonyl (C=O) groups excluding carboxylic acids is 2. The number of hydrogen-bond acceptors (Lipinski definition) is 4. The van der Waals surface area contributed by atoms with Crippen LogP contribution in [0.25, 0.3) is 0 Å². The summed E-state index contributed by atoms with van der Waals surface area (Å²) in [5, 5.41) is 4.57. The fourth-order valence-corrected chi connectivity index (χ4v) is 10.4. The van der Waals surface area contributed by atoms with E-state index in [1.165, 1.54) is 0 Å². The van der Waals surface area contributed by atoms with E-state index in [0.717, 1.165) is 15.3 Å². The number of rotatable bonds is 9. The zero-order valence-electron chi connectivity index (χ0n) is 24.9.